The Morgan fingerprint density at radius 3 is 2.45 bits per heavy atom. The Bertz CT molecular complexity index is 133. The second-order valence-corrected chi connectivity index (χ2v) is 4.31. The maximum Gasteiger partial charge on any atom is -0.0231 e. The van der Waals surface area contributed by atoms with Crippen molar-refractivity contribution in [2.75, 3.05) is 0 Å². The average molecular weight is 152 g/mol. The van der Waals surface area contributed by atoms with Crippen LogP contribution in [0.2, 0.25) is 0 Å². The lowest BCUT2D eigenvalue weighted by atomic mass is 10.0. The minimum absolute atomic E-state index is 0.728. The fraction of sp³-hybridized carbons (Fsp3) is 0.818. The molecule has 0 nitrogen and oxygen atoms in total. The standard InChI is InChI=1S/C11H20/c1-9(2)4-6-11-7-5-10(3)8-11/h4,6,9-11H,5,7-8H2,1-3H3/b6-4+. The molecule has 1 aliphatic rings. The Morgan fingerprint density at radius 2 is 2.00 bits per heavy atom. The molecule has 1 saturated carbocycles. The van der Waals surface area contributed by atoms with Crippen molar-refractivity contribution in [2.24, 2.45) is 17.8 Å². The van der Waals surface area contributed by atoms with Gasteiger partial charge in [0.25, 0.3) is 0 Å². The van der Waals surface area contributed by atoms with Gasteiger partial charge in [0.1, 0.15) is 0 Å². The largest absolute Gasteiger partial charge is 0.0857 e. The van der Waals surface area contributed by atoms with Gasteiger partial charge in [0.15, 0.2) is 0 Å². The monoisotopic (exact) mass is 152 g/mol. The Morgan fingerprint density at radius 1 is 1.27 bits per heavy atom. The first-order chi connectivity index (χ1) is 5.18. The van der Waals surface area contributed by atoms with E-state index >= 15 is 0 Å². The quantitative estimate of drug-likeness (QED) is 0.530. The first-order valence-electron chi connectivity index (χ1n) is 4.87. The number of hydrogen-bond acceptors (Lipinski definition) is 0. The van der Waals surface area contributed by atoms with E-state index in [1.807, 2.05) is 0 Å². The van der Waals surface area contributed by atoms with E-state index in [9.17, 15) is 0 Å². The van der Waals surface area contributed by atoms with Gasteiger partial charge in [-0.3, -0.25) is 0 Å². The molecule has 0 aromatic rings. The molecule has 0 aromatic carbocycles. The molecular weight excluding hydrogens is 132 g/mol. The second kappa shape index (κ2) is 3.94. The minimum Gasteiger partial charge on any atom is -0.0857 e. The first-order valence-corrected chi connectivity index (χ1v) is 4.87. The van der Waals surface area contributed by atoms with Crippen LogP contribution < -0.4 is 0 Å². The van der Waals surface area contributed by atoms with E-state index in [0.717, 1.165) is 17.8 Å². The number of allylic oxidation sites excluding steroid dienone is 2. The Balaban J connectivity index is 2.28. The molecule has 0 aromatic heterocycles. The summed E-state index contributed by atoms with van der Waals surface area (Å²) in [6, 6.07) is 0. The lowest BCUT2D eigenvalue weighted by molar-refractivity contribution is 0.584. The molecule has 11 heavy (non-hydrogen) atoms. The molecule has 2 unspecified atom stereocenters. The molecule has 0 heterocycles. The molecule has 0 N–H and O–H groups in total. The Labute approximate surface area is 70.7 Å². The summed E-state index contributed by atoms with van der Waals surface area (Å²) in [6.45, 7) is 6.85. The Hall–Kier alpha value is -0.260. The summed E-state index contributed by atoms with van der Waals surface area (Å²) in [5, 5.41) is 0. The molecule has 0 spiro atoms. The van der Waals surface area contributed by atoms with Crippen molar-refractivity contribution in [3.63, 3.8) is 0 Å². The topological polar surface area (TPSA) is 0 Å². The van der Waals surface area contributed by atoms with Crippen LogP contribution in [-0.4, -0.2) is 0 Å². The molecule has 0 bridgehead atoms. The van der Waals surface area contributed by atoms with Gasteiger partial charge in [-0.25, -0.2) is 0 Å². The van der Waals surface area contributed by atoms with Crippen molar-refractivity contribution in [3.05, 3.63) is 12.2 Å². The van der Waals surface area contributed by atoms with Gasteiger partial charge in [0.2, 0.25) is 0 Å². The summed E-state index contributed by atoms with van der Waals surface area (Å²) in [5.41, 5.74) is 0. The molecular formula is C11H20. The van der Waals surface area contributed by atoms with Crippen molar-refractivity contribution >= 4 is 0 Å². The lowest BCUT2D eigenvalue weighted by Crippen LogP contribution is -1.90. The number of hydrogen-bond donors (Lipinski definition) is 0. The summed E-state index contributed by atoms with van der Waals surface area (Å²) in [4.78, 5) is 0. The predicted octanol–water partition coefficient (Wildman–Crippen LogP) is 3.63. The predicted molar refractivity (Wildman–Crippen MR) is 50.5 cm³/mol. The van der Waals surface area contributed by atoms with Crippen LogP contribution in [0.15, 0.2) is 12.2 Å². The Kier molecular flexibility index (Phi) is 3.16. The van der Waals surface area contributed by atoms with Crippen LogP contribution in [-0.2, 0) is 0 Å². The van der Waals surface area contributed by atoms with Gasteiger partial charge in [-0.05, 0) is 30.6 Å². The average Bonchev–Trinajstić information content (AvgIpc) is 2.31. The van der Waals surface area contributed by atoms with E-state index in [1.54, 1.807) is 0 Å². The molecule has 1 fully saturated rings. The zero-order valence-corrected chi connectivity index (χ0v) is 8.01. The van der Waals surface area contributed by atoms with E-state index in [4.69, 9.17) is 0 Å². The van der Waals surface area contributed by atoms with Gasteiger partial charge in [-0.1, -0.05) is 39.3 Å². The van der Waals surface area contributed by atoms with Gasteiger partial charge >= 0.3 is 0 Å². The highest BCUT2D eigenvalue weighted by molar-refractivity contribution is 4.93. The summed E-state index contributed by atoms with van der Waals surface area (Å²) >= 11 is 0. The highest BCUT2D eigenvalue weighted by Crippen LogP contribution is 2.31. The molecule has 0 saturated heterocycles. The fourth-order valence-electron chi connectivity index (χ4n) is 1.81. The molecule has 0 radical (unpaired) electrons. The molecule has 1 aliphatic carbocycles. The van der Waals surface area contributed by atoms with E-state index < -0.39 is 0 Å². The zero-order chi connectivity index (χ0) is 8.27. The fourth-order valence-corrected chi connectivity index (χ4v) is 1.81. The van der Waals surface area contributed by atoms with Crippen LogP contribution >= 0.6 is 0 Å². The van der Waals surface area contributed by atoms with Gasteiger partial charge in [0.05, 0.1) is 0 Å². The van der Waals surface area contributed by atoms with Gasteiger partial charge in [0, 0.05) is 0 Å². The molecule has 1 rings (SSSR count). The van der Waals surface area contributed by atoms with E-state index in [0.29, 0.717) is 0 Å². The summed E-state index contributed by atoms with van der Waals surface area (Å²) < 4.78 is 0. The molecule has 2 atom stereocenters. The molecule has 0 amide bonds. The van der Waals surface area contributed by atoms with Crippen molar-refractivity contribution in [1.82, 2.24) is 0 Å². The van der Waals surface area contributed by atoms with Crippen LogP contribution in [0.4, 0.5) is 0 Å². The molecule has 64 valence electrons. The minimum atomic E-state index is 0.728. The third kappa shape index (κ3) is 3.09. The highest BCUT2D eigenvalue weighted by atomic mass is 14.2. The summed E-state index contributed by atoms with van der Waals surface area (Å²) in [7, 11) is 0. The van der Waals surface area contributed by atoms with E-state index in [1.165, 1.54) is 19.3 Å². The van der Waals surface area contributed by atoms with Crippen LogP contribution in [0, 0.1) is 17.8 Å². The van der Waals surface area contributed by atoms with Crippen LogP contribution in [0.5, 0.6) is 0 Å². The molecule has 0 aliphatic heterocycles. The van der Waals surface area contributed by atoms with E-state index in [-0.39, 0.29) is 0 Å². The maximum absolute atomic E-state index is 2.42. The summed E-state index contributed by atoms with van der Waals surface area (Å²) in [6.07, 6.45) is 9.05. The normalized spacial score (nSPS) is 32.4. The van der Waals surface area contributed by atoms with Crippen LogP contribution in [0.3, 0.4) is 0 Å². The second-order valence-electron chi connectivity index (χ2n) is 4.31. The molecule has 0 heteroatoms. The maximum atomic E-state index is 2.42. The van der Waals surface area contributed by atoms with Crippen LogP contribution in [0.1, 0.15) is 40.0 Å². The zero-order valence-electron chi connectivity index (χ0n) is 8.01. The third-order valence-corrected chi connectivity index (χ3v) is 2.50. The third-order valence-electron chi connectivity index (χ3n) is 2.50. The SMILES string of the molecule is CC(C)/C=C/C1CCC(C)C1. The first kappa shape index (κ1) is 8.83. The van der Waals surface area contributed by atoms with Gasteiger partial charge in [-0.2, -0.15) is 0 Å². The van der Waals surface area contributed by atoms with Crippen molar-refractivity contribution in [1.29, 1.82) is 0 Å². The van der Waals surface area contributed by atoms with Crippen LogP contribution in [0.25, 0.3) is 0 Å². The van der Waals surface area contributed by atoms with Crippen molar-refractivity contribution in [3.8, 4) is 0 Å². The van der Waals surface area contributed by atoms with Gasteiger partial charge in [-0.15, -0.1) is 0 Å². The van der Waals surface area contributed by atoms with Crippen molar-refractivity contribution < 1.29 is 0 Å². The van der Waals surface area contributed by atoms with E-state index in [2.05, 4.69) is 32.9 Å². The highest BCUT2D eigenvalue weighted by Gasteiger charge is 2.18. The summed E-state index contributed by atoms with van der Waals surface area (Å²) in [5.74, 6) is 2.59. The smallest absolute Gasteiger partial charge is 0.0231 e. The number of rotatable bonds is 2. The van der Waals surface area contributed by atoms with Crippen molar-refractivity contribution in [2.45, 2.75) is 40.0 Å². The lowest BCUT2D eigenvalue weighted by Gasteiger charge is -2.02. The van der Waals surface area contributed by atoms with Gasteiger partial charge < -0.3 is 0 Å².